The number of urea groups is 1. The number of aromatic nitrogens is 2. The molecule has 1 aromatic heterocycles. The molecule has 23 heavy (non-hydrogen) atoms. The number of amides is 2. The van der Waals surface area contributed by atoms with Gasteiger partial charge in [0.25, 0.3) is 0 Å². The number of para-hydroxylation sites is 1. The van der Waals surface area contributed by atoms with Gasteiger partial charge >= 0.3 is 6.03 Å². The normalized spacial score (nSPS) is 15.3. The molecule has 122 valence electrons. The van der Waals surface area contributed by atoms with Crippen molar-refractivity contribution in [2.45, 2.75) is 51.5 Å². The Kier molecular flexibility index (Phi) is 4.90. The van der Waals surface area contributed by atoms with Gasteiger partial charge in [-0.05, 0) is 31.4 Å². The zero-order chi connectivity index (χ0) is 16.1. The van der Waals surface area contributed by atoms with Crippen LogP contribution in [-0.4, -0.2) is 22.2 Å². The quantitative estimate of drug-likeness (QED) is 0.906. The van der Waals surface area contributed by atoms with Gasteiger partial charge in [0.15, 0.2) is 5.82 Å². The van der Waals surface area contributed by atoms with Gasteiger partial charge in [0.1, 0.15) is 0 Å². The van der Waals surface area contributed by atoms with Gasteiger partial charge in [-0.1, -0.05) is 42.6 Å². The summed E-state index contributed by atoms with van der Waals surface area (Å²) in [6.07, 6.45) is 6.29. The molecular weight excluding hydrogens is 292 g/mol. The minimum atomic E-state index is -0.147. The molecule has 2 N–H and O–H groups in total. The number of nitrogens with zero attached hydrogens (tertiary/aromatic N) is 2. The van der Waals surface area contributed by atoms with E-state index in [1.54, 1.807) is 6.92 Å². The number of aryl methyl sites for hydroxylation is 1. The van der Waals surface area contributed by atoms with Crippen molar-refractivity contribution >= 4 is 11.7 Å². The summed E-state index contributed by atoms with van der Waals surface area (Å²) in [5.41, 5.74) is 1.73. The fraction of sp³-hybridized carbons (Fsp3) is 0.471. The van der Waals surface area contributed by atoms with Crippen LogP contribution in [0.25, 0.3) is 0 Å². The number of carbonyl (C=O) groups is 1. The van der Waals surface area contributed by atoms with Crippen LogP contribution in [0, 0.1) is 6.92 Å². The van der Waals surface area contributed by atoms with E-state index in [0.717, 1.165) is 24.1 Å². The smallest absolute Gasteiger partial charge is 0.319 e. The van der Waals surface area contributed by atoms with Gasteiger partial charge in [-0.2, -0.15) is 4.98 Å². The lowest BCUT2D eigenvalue weighted by Crippen LogP contribution is -2.39. The average Bonchev–Trinajstić information content (AvgIpc) is 2.95. The van der Waals surface area contributed by atoms with Crippen LogP contribution in [0.3, 0.4) is 0 Å². The first kappa shape index (κ1) is 15.5. The molecule has 6 nitrogen and oxygen atoms in total. The van der Waals surface area contributed by atoms with E-state index in [9.17, 15) is 4.79 Å². The van der Waals surface area contributed by atoms with Crippen LogP contribution in [0.15, 0.2) is 28.8 Å². The van der Waals surface area contributed by atoms with Gasteiger partial charge in [0.05, 0.1) is 6.42 Å². The molecule has 1 aliphatic rings. The predicted octanol–water partition coefficient (Wildman–Crippen LogP) is 3.42. The number of anilines is 1. The number of hydrogen-bond donors (Lipinski definition) is 2. The molecule has 1 aromatic carbocycles. The second-order valence-corrected chi connectivity index (χ2v) is 6.00. The topological polar surface area (TPSA) is 80.0 Å². The van der Waals surface area contributed by atoms with Crippen LogP contribution in [-0.2, 0) is 6.42 Å². The van der Waals surface area contributed by atoms with Gasteiger partial charge in [0, 0.05) is 11.7 Å². The van der Waals surface area contributed by atoms with Crippen molar-refractivity contribution in [2.24, 2.45) is 0 Å². The first-order chi connectivity index (χ1) is 11.2. The maximum Gasteiger partial charge on any atom is 0.319 e. The van der Waals surface area contributed by atoms with E-state index in [0.29, 0.717) is 18.1 Å². The van der Waals surface area contributed by atoms with Gasteiger partial charge in [0.2, 0.25) is 5.89 Å². The predicted molar refractivity (Wildman–Crippen MR) is 87.3 cm³/mol. The van der Waals surface area contributed by atoms with Crippen molar-refractivity contribution in [2.75, 3.05) is 5.32 Å². The van der Waals surface area contributed by atoms with E-state index in [4.69, 9.17) is 4.52 Å². The fourth-order valence-corrected chi connectivity index (χ4v) is 2.96. The molecule has 6 heteroatoms. The SMILES string of the molecule is Cc1noc(Cc2ccccc2NC(=O)NC2CCCCC2)n1. The summed E-state index contributed by atoms with van der Waals surface area (Å²) in [7, 11) is 0. The van der Waals surface area contributed by atoms with Gasteiger partial charge in [-0.25, -0.2) is 4.79 Å². The maximum absolute atomic E-state index is 12.2. The largest absolute Gasteiger partial charge is 0.339 e. The lowest BCUT2D eigenvalue weighted by Gasteiger charge is -2.23. The standard InChI is InChI=1S/C17H22N4O2/c1-12-18-16(23-21-12)11-13-7-5-6-10-15(13)20-17(22)19-14-8-3-2-4-9-14/h5-7,10,14H,2-4,8-9,11H2,1H3,(H2,19,20,22). The summed E-state index contributed by atoms with van der Waals surface area (Å²) in [4.78, 5) is 16.4. The van der Waals surface area contributed by atoms with E-state index in [1.807, 2.05) is 24.3 Å². The average molecular weight is 314 g/mol. The molecule has 0 aliphatic heterocycles. The van der Waals surface area contributed by atoms with Crippen molar-refractivity contribution < 1.29 is 9.32 Å². The molecule has 1 saturated carbocycles. The van der Waals surface area contributed by atoms with Crippen LogP contribution < -0.4 is 10.6 Å². The maximum atomic E-state index is 12.2. The highest BCUT2D eigenvalue weighted by Crippen LogP contribution is 2.20. The number of carbonyl (C=O) groups excluding carboxylic acids is 1. The van der Waals surface area contributed by atoms with Gasteiger partial charge in [-0.3, -0.25) is 0 Å². The van der Waals surface area contributed by atoms with Crippen LogP contribution in [0.4, 0.5) is 10.5 Å². The first-order valence-electron chi connectivity index (χ1n) is 8.15. The lowest BCUT2D eigenvalue weighted by atomic mass is 9.96. The van der Waals surface area contributed by atoms with Crippen molar-refractivity contribution in [3.63, 3.8) is 0 Å². The highest BCUT2D eigenvalue weighted by Gasteiger charge is 2.16. The Bertz CT molecular complexity index is 662. The van der Waals surface area contributed by atoms with E-state index in [1.165, 1.54) is 19.3 Å². The summed E-state index contributed by atoms with van der Waals surface area (Å²) in [5, 5.41) is 9.80. The molecule has 0 radical (unpaired) electrons. The van der Waals surface area contributed by atoms with Crippen LogP contribution >= 0.6 is 0 Å². The Labute approximate surface area is 135 Å². The molecule has 1 aliphatic carbocycles. The molecule has 1 heterocycles. The third-order valence-electron chi connectivity index (χ3n) is 4.12. The third-order valence-corrected chi connectivity index (χ3v) is 4.12. The molecule has 0 bridgehead atoms. The fourth-order valence-electron chi connectivity index (χ4n) is 2.96. The molecule has 2 aromatic rings. The Hall–Kier alpha value is -2.37. The second-order valence-electron chi connectivity index (χ2n) is 6.00. The highest BCUT2D eigenvalue weighted by atomic mass is 16.5. The van der Waals surface area contributed by atoms with Crippen LogP contribution in [0.1, 0.15) is 49.4 Å². The number of benzene rings is 1. The Morgan fingerprint density at radius 3 is 2.78 bits per heavy atom. The zero-order valence-corrected chi connectivity index (χ0v) is 13.3. The summed E-state index contributed by atoms with van der Waals surface area (Å²) in [6, 6.07) is 7.82. The monoisotopic (exact) mass is 314 g/mol. The molecule has 2 amide bonds. The Balaban J connectivity index is 1.63. The third kappa shape index (κ3) is 4.31. The van der Waals surface area contributed by atoms with Crippen LogP contribution in [0.2, 0.25) is 0 Å². The first-order valence-corrected chi connectivity index (χ1v) is 8.15. The molecule has 0 atom stereocenters. The summed E-state index contributed by atoms with van der Waals surface area (Å²) >= 11 is 0. The molecule has 0 saturated heterocycles. The Morgan fingerprint density at radius 2 is 2.04 bits per heavy atom. The highest BCUT2D eigenvalue weighted by molar-refractivity contribution is 5.90. The van der Waals surface area contributed by atoms with Crippen molar-refractivity contribution in [1.29, 1.82) is 0 Å². The second kappa shape index (κ2) is 7.26. The summed E-state index contributed by atoms with van der Waals surface area (Å²) < 4.78 is 5.16. The number of hydrogen-bond acceptors (Lipinski definition) is 4. The van der Waals surface area contributed by atoms with Crippen molar-refractivity contribution in [3.05, 3.63) is 41.5 Å². The van der Waals surface area contributed by atoms with E-state index >= 15 is 0 Å². The molecule has 3 rings (SSSR count). The van der Waals surface area contributed by atoms with Crippen molar-refractivity contribution in [3.8, 4) is 0 Å². The molecule has 0 spiro atoms. The van der Waals surface area contributed by atoms with E-state index < -0.39 is 0 Å². The van der Waals surface area contributed by atoms with E-state index in [2.05, 4.69) is 20.8 Å². The molecule has 1 fully saturated rings. The summed E-state index contributed by atoms with van der Waals surface area (Å²) in [6.45, 7) is 1.79. The van der Waals surface area contributed by atoms with E-state index in [-0.39, 0.29) is 12.1 Å². The van der Waals surface area contributed by atoms with Crippen LogP contribution in [0.5, 0.6) is 0 Å². The minimum absolute atomic E-state index is 0.147. The zero-order valence-electron chi connectivity index (χ0n) is 13.3. The molecule has 0 unspecified atom stereocenters. The summed E-state index contributed by atoms with van der Waals surface area (Å²) in [5.74, 6) is 1.16. The number of rotatable bonds is 4. The van der Waals surface area contributed by atoms with Crippen molar-refractivity contribution in [1.82, 2.24) is 15.5 Å². The minimum Gasteiger partial charge on any atom is -0.339 e. The number of nitrogens with one attached hydrogen (secondary N) is 2. The lowest BCUT2D eigenvalue weighted by molar-refractivity contribution is 0.244. The Morgan fingerprint density at radius 1 is 1.26 bits per heavy atom. The van der Waals surface area contributed by atoms with Gasteiger partial charge < -0.3 is 15.2 Å². The molecular formula is C17H22N4O2. The van der Waals surface area contributed by atoms with Gasteiger partial charge in [-0.15, -0.1) is 0 Å².